The highest BCUT2D eigenvalue weighted by molar-refractivity contribution is 9.10. The van der Waals surface area contributed by atoms with Crippen LogP contribution in [0.15, 0.2) is 45.3 Å². The third-order valence-corrected chi connectivity index (χ3v) is 3.30. The van der Waals surface area contributed by atoms with Crippen LogP contribution in [0.25, 0.3) is 0 Å². The number of rotatable bonds is 5. The van der Waals surface area contributed by atoms with Crippen LogP contribution in [0, 0.1) is 0 Å². The third-order valence-electron chi connectivity index (χ3n) is 2.80. The SMILES string of the molecule is COC(=O)c1ccc(C(C)OCc2cccc(Br)c2)o1. The molecule has 0 aliphatic rings. The molecule has 1 aromatic heterocycles. The van der Waals surface area contributed by atoms with Crippen molar-refractivity contribution in [2.75, 3.05) is 7.11 Å². The van der Waals surface area contributed by atoms with Crippen molar-refractivity contribution in [3.63, 3.8) is 0 Å². The van der Waals surface area contributed by atoms with E-state index in [9.17, 15) is 4.79 Å². The van der Waals surface area contributed by atoms with E-state index < -0.39 is 5.97 Å². The highest BCUT2D eigenvalue weighted by Gasteiger charge is 2.15. The number of furan rings is 1. The maximum Gasteiger partial charge on any atom is 0.373 e. The molecular weight excluding hydrogens is 324 g/mol. The van der Waals surface area contributed by atoms with Gasteiger partial charge in [0.1, 0.15) is 11.9 Å². The van der Waals surface area contributed by atoms with Crippen molar-refractivity contribution in [1.82, 2.24) is 0 Å². The van der Waals surface area contributed by atoms with Crippen molar-refractivity contribution in [3.8, 4) is 0 Å². The molecule has 4 nitrogen and oxygen atoms in total. The number of hydrogen-bond acceptors (Lipinski definition) is 4. The molecule has 0 N–H and O–H groups in total. The smallest absolute Gasteiger partial charge is 0.373 e. The minimum Gasteiger partial charge on any atom is -0.463 e. The lowest BCUT2D eigenvalue weighted by atomic mass is 10.2. The second-order valence-corrected chi connectivity index (χ2v) is 5.19. The zero-order valence-electron chi connectivity index (χ0n) is 11.3. The Morgan fingerprint density at radius 3 is 2.85 bits per heavy atom. The lowest BCUT2D eigenvalue weighted by Gasteiger charge is -2.10. The van der Waals surface area contributed by atoms with Crippen molar-refractivity contribution >= 4 is 21.9 Å². The number of methoxy groups -OCH3 is 1. The quantitative estimate of drug-likeness (QED) is 0.770. The first kappa shape index (κ1) is 14.8. The van der Waals surface area contributed by atoms with Gasteiger partial charge < -0.3 is 13.9 Å². The van der Waals surface area contributed by atoms with Gasteiger partial charge in [-0.1, -0.05) is 28.1 Å². The summed E-state index contributed by atoms with van der Waals surface area (Å²) in [5, 5.41) is 0. The van der Waals surface area contributed by atoms with E-state index in [-0.39, 0.29) is 11.9 Å². The van der Waals surface area contributed by atoms with Crippen LogP contribution < -0.4 is 0 Å². The standard InChI is InChI=1S/C15H15BrO4/c1-10(13-6-7-14(20-13)15(17)18-2)19-9-11-4-3-5-12(16)8-11/h3-8,10H,9H2,1-2H3. The molecule has 2 rings (SSSR count). The number of carbonyl (C=O) groups is 1. The molecule has 1 atom stereocenters. The number of carbonyl (C=O) groups excluding carboxylic acids is 1. The predicted octanol–water partition coefficient (Wildman–Crippen LogP) is 4.11. The second-order valence-electron chi connectivity index (χ2n) is 4.28. The number of benzene rings is 1. The van der Waals surface area contributed by atoms with Crippen LogP contribution in [0.3, 0.4) is 0 Å². The van der Waals surface area contributed by atoms with Gasteiger partial charge in [-0.25, -0.2) is 4.79 Å². The maximum absolute atomic E-state index is 11.3. The molecule has 0 aliphatic heterocycles. The number of hydrogen-bond donors (Lipinski definition) is 0. The molecule has 0 amide bonds. The Kier molecular flexibility index (Phi) is 4.98. The van der Waals surface area contributed by atoms with Gasteiger partial charge in [-0.05, 0) is 36.8 Å². The van der Waals surface area contributed by atoms with E-state index in [1.165, 1.54) is 7.11 Å². The van der Waals surface area contributed by atoms with E-state index in [2.05, 4.69) is 20.7 Å². The van der Waals surface area contributed by atoms with Crippen molar-refractivity contribution in [2.45, 2.75) is 19.6 Å². The van der Waals surface area contributed by atoms with E-state index in [4.69, 9.17) is 9.15 Å². The lowest BCUT2D eigenvalue weighted by molar-refractivity contribution is 0.0350. The summed E-state index contributed by atoms with van der Waals surface area (Å²) in [6.45, 7) is 2.34. The second kappa shape index (κ2) is 6.72. The average molecular weight is 339 g/mol. The Balaban J connectivity index is 1.96. The van der Waals surface area contributed by atoms with E-state index in [0.29, 0.717) is 12.4 Å². The fraction of sp³-hybridized carbons (Fsp3) is 0.267. The molecule has 5 heteroatoms. The van der Waals surface area contributed by atoms with Gasteiger partial charge in [-0.15, -0.1) is 0 Å². The molecule has 1 aromatic carbocycles. The van der Waals surface area contributed by atoms with Crippen LogP contribution in [0.4, 0.5) is 0 Å². The van der Waals surface area contributed by atoms with Gasteiger partial charge in [0.2, 0.25) is 5.76 Å². The number of ether oxygens (including phenoxy) is 2. The summed E-state index contributed by atoms with van der Waals surface area (Å²) in [5.41, 5.74) is 1.06. The van der Waals surface area contributed by atoms with E-state index in [1.807, 2.05) is 31.2 Å². The van der Waals surface area contributed by atoms with Gasteiger partial charge in [0.05, 0.1) is 13.7 Å². The van der Waals surface area contributed by atoms with Crippen molar-refractivity contribution in [1.29, 1.82) is 0 Å². The first-order valence-corrected chi connectivity index (χ1v) is 6.93. The summed E-state index contributed by atoms with van der Waals surface area (Å²) in [6.07, 6.45) is -0.243. The van der Waals surface area contributed by atoms with E-state index in [0.717, 1.165) is 10.0 Å². The van der Waals surface area contributed by atoms with Crippen LogP contribution in [0.2, 0.25) is 0 Å². The molecule has 0 saturated carbocycles. The van der Waals surface area contributed by atoms with E-state index in [1.54, 1.807) is 12.1 Å². The third kappa shape index (κ3) is 3.71. The normalized spacial score (nSPS) is 12.2. The molecule has 2 aromatic rings. The molecule has 20 heavy (non-hydrogen) atoms. The van der Waals surface area contributed by atoms with Crippen LogP contribution in [-0.2, 0) is 16.1 Å². The minimum absolute atomic E-state index is 0.181. The molecule has 0 bridgehead atoms. The van der Waals surface area contributed by atoms with Gasteiger partial charge in [-0.3, -0.25) is 0 Å². The number of esters is 1. The van der Waals surface area contributed by atoms with Crippen LogP contribution in [-0.4, -0.2) is 13.1 Å². The Bertz CT molecular complexity index is 591. The summed E-state index contributed by atoms with van der Waals surface area (Å²) in [4.78, 5) is 11.3. The van der Waals surface area contributed by atoms with Gasteiger partial charge in [0.15, 0.2) is 0 Å². The number of halogens is 1. The Morgan fingerprint density at radius 1 is 1.35 bits per heavy atom. The summed E-state index contributed by atoms with van der Waals surface area (Å²) >= 11 is 3.42. The molecule has 0 radical (unpaired) electrons. The van der Waals surface area contributed by atoms with Crippen LogP contribution in [0.5, 0.6) is 0 Å². The minimum atomic E-state index is -0.490. The highest BCUT2D eigenvalue weighted by atomic mass is 79.9. The molecule has 1 unspecified atom stereocenters. The van der Waals surface area contributed by atoms with Crippen LogP contribution >= 0.6 is 15.9 Å². The first-order valence-electron chi connectivity index (χ1n) is 6.14. The summed E-state index contributed by atoms with van der Waals surface area (Å²) in [5.74, 6) is 0.288. The fourth-order valence-corrected chi connectivity index (χ4v) is 2.16. The zero-order chi connectivity index (χ0) is 14.5. The van der Waals surface area contributed by atoms with Gasteiger partial charge in [0.25, 0.3) is 0 Å². The van der Waals surface area contributed by atoms with Crippen LogP contribution in [0.1, 0.15) is 34.9 Å². The highest BCUT2D eigenvalue weighted by Crippen LogP contribution is 2.22. The molecule has 0 spiro atoms. The molecule has 1 heterocycles. The van der Waals surface area contributed by atoms with Crippen molar-refractivity contribution in [2.24, 2.45) is 0 Å². The van der Waals surface area contributed by atoms with Crippen molar-refractivity contribution < 1.29 is 18.7 Å². The molecule has 0 fully saturated rings. The van der Waals surface area contributed by atoms with Gasteiger partial charge >= 0.3 is 5.97 Å². The van der Waals surface area contributed by atoms with Gasteiger partial charge in [0, 0.05) is 4.47 Å². The Morgan fingerprint density at radius 2 is 2.15 bits per heavy atom. The first-order chi connectivity index (χ1) is 9.60. The monoisotopic (exact) mass is 338 g/mol. The molecule has 0 aliphatic carbocycles. The van der Waals surface area contributed by atoms with Crippen molar-refractivity contribution in [3.05, 3.63) is 58.0 Å². The molecule has 106 valence electrons. The predicted molar refractivity (Wildman–Crippen MR) is 77.4 cm³/mol. The van der Waals surface area contributed by atoms with E-state index >= 15 is 0 Å². The summed E-state index contributed by atoms with van der Waals surface area (Å²) in [7, 11) is 1.32. The Labute approximate surface area is 125 Å². The Hall–Kier alpha value is -1.59. The molecule has 0 saturated heterocycles. The lowest BCUT2D eigenvalue weighted by Crippen LogP contribution is -2.01. The fourth-order valence-electron chi connectivity index (χ4n) is 1.71. The average Bonchev–Trinajstić information content (AvgIpc) is 2.94. The summed E-state index contributed by atoms with van der Waals surface area (Å²) in [6, 6.07) is 11.2. The summed E-state index contributed by atoms with van der Waals surface area (Å²) < 4.78 is 16.7. The maximum atomic E-state index is 11.3. The van der Waals surface area contributed by atoms with Gasteiger partial charge in [-0.2, -0.15) is 0 Å². The zero-order valence-corrected chi connectivity index (χ0v) is 12.8. The topological polar surface area (TPSA) is 48.7 Å². The molecular formula is C15H15BrO4. The largest absolute Gasteiger partial charge is 0.463 e.